The molecule has 0 spiro atoms. The highest BCUT2D eigenvalue weighted by atomic mass is 35.5. The van der Waals surface area contributed by atoms with Gasteiger partial charge in [-0.2, -0.15) is 5.26 Å². The first-order chi connectivity index (χ1) is 14.5. The van der Waals surface area contributed by atoms with Crippen LogP contribution in [-0.4, -0.2) is 18.5 Å². The summed E-state index contributed by atoms with van der Waals surface area (Å²) >= 11 is 7.23. The molecule has 0 aliphatic rings. The van der Waals surface area contributed by atoms with E-state index in [0.29, 0.717) is 15.5 Å². The third kappa shape index (κ3) is 5.54. The largest absolute Gasteiger partial charge is 0.452 e. The normalized spacial score (nSPS) is 10.9. The second-order valence-electron chi connectivity index (χ2n) is 6.01. The molecule has 0 fully saturated rings. The molecule has 0 atom stereocenters. The van der Waals surface area contributed by atoms with Gasteiger partial charge in [0.1, 0.15) is 11.9 Å². The lowest BCUT2D eigenvalue weighted by Gasteiger charge is -2.10. The number of nitrogens with zero attached hydrogens (tertiary/aromatic N) is 1. The number of nitriles is 1. The van der Waals surface area contributed by atoms with Crippen LogP contribution in [0.5, 0.6) is 0 Å². The molecule has 0 saturated heterocycles. The Bertz CT molecular complexity index is 1140. The van der Waals surface area contributed by atoms with E-state index < -0.39 is 18.5 Å². The number of nitrogens with one attached hydrogen (secondary N) is 1. The van der Waals surface area contributed by atoms with Crippen LogP contribution in [0, 0.1) is 17.1 Å². The van der Waals surface area contributed by atoms with Gasteiger partial charge in [0.25, 0.3) is 5.91 Å². The second-order valence-corrected chi connectivity index (χ2v) is 7.40. The molecule has 1 amide bonds. The van der Waals surface area contributed by atoms with Gasteiger partial charge in [0.15, 0.2) is 6.61 Å². The number of esters is 1. The third-order valence-corrected chi connectivity index (χ3v) is 5.04. The number of ether oxygens (including phenoxy) is 1. The minimum Gasteiger partial charge on any atom is -0.452 e. The van der Waals surface area contributed by atoms with E-state index in [9.17, 15) is 14.0 Å². The molecule has 3 rings (SSSR count). The molecule has 2 aromatic carbocycles. The Balaban J connectivity index is 1.72. The molecule has 150 valence electrons. The predicted octanol–water partition coefficient (Wildman–Crippen LogP) is 5.13. The number of benzene rings is 2. The lowest BCUT2D eigenvalue weighted by atomic mass is 10.1. The van der Waals surface area contributed by atoms with Crippen LogP contribution < -0.4 is 5.32 Å². The van der Waals surface area contributed by atoms with Crippen molar-refractivity contribution in [1.29, 1.82) is 5.26 Å². The van der Waals surface area contributed by atoms with E-state index in [0.717, 1.165) is 0 Å². The Morgan fingerprint density at radius 1 is 1.20 bits per heavy atom. The summed E-state index contributed by atoms with van der Waals surface area (Å²) in [5.74, 6) is -1.71. The molecule has 3 aromatic rings. The van der Waals surface area contributed by atoms with Gasteiger partial charge in [-0.15, -0.1) is 11.3 Å². The zero-order chi connectivity index (χ0) is 21.5. The Kier molecular flexibility index (Phi) is 6.96. The van der Waals surface area contributed by atoms with Gasteiger partial charge in [0.2, 0.25) is 0 Å². The lowest BCUT2D eigenvalue weighted by molar-refractivity contribution is -0.141. The summed E-state index contributed by atoms with van der Waals surface area (Å²) in [7, 11) is 0. The van der Waals surface area contributed by atoms with Crippen molar-refractivity contribution >= 4 is 52.2 Å². The molecule has 0 radical (unpaired) electrons. The number of rotatable bonds is 6. The average Bonchev–Trinajstić information content (AvgIpc) is 3.26. The Labute approximate surface area is 181 Å². The summed E-state index contributed by atoms with van der Waals surface area (Å²) in [6.45, 7) is -0.553. The van der Waals surface area contributed by atoms with E-state index in [-0.39, 0.29) is 22.6 Å². The molecule has 8 heteroatoms. The number of hydrogen-bond donors (Lipinski definition) is 1. The van der Waals surface area contributed by atoms with Crippen LogP contribution in [0.3, 0.4) is 0 Å². The number of anilines is 1. The van der Waals surface area contributed by atoms with E-state index >= 15 is 0 Å². The predicted molar refractivity (Wildman–Crippen MR) is 114 cm³/mol. The summed E-state index contributed by atoms with van der Waals surface area (Å²) in [5.41, 5.74) is 1.31. The van der Waals surface area contributed by atoms with Crippen molar-refractivity contribution in [2.75, 3.05) is 11.9 Å². The summed E-state index contributed by atoms with van der Waals surface area (Å²) in [4.78, 5) is 25.5. The van der Waals surface area contributed by atoms with Crippen molar-refractivity contribution in [1.82, 2.24) is 0 Å². The monoisotopic (exact) mass is 440 g/mol. The number of amides is 1. The average molecular weight is 441 g/mol. The maximum absolute atomic E-state index is 13.1. The third-order valence-electron chi connectivity index (χ3n) is 3.90. The quantitative estimate of drug-likeness (QED) is 0.425. The number of carbonyl (C=O) groups is 2. The molecular weight excluding hydrogens is 427 g/mol. The second kappa shape index (κ2) is 9.83. The topological polar surface area (TPSA) is 79.2 Å². The van der Waals surface area contributed by atoms with Gasteiger partial charge in [-0.3, -0.25) is 4.79 Å². The summed E-state index contributed by atoms with van der Waals surface area (Å²) in [6, 6.07) is 15.5. The first-order valence-corrected chi connectivity index (χ1v) is 9.90. The Morgan fingerprint density at radius 3 is 2.63 bits per heavy atom. The molecule has 30 heavy (non-hydrogen) atoms. The van der Waals surface area contributed by atoms with Gasteiger partial charge in [0.05, 0.1) is 16.8 Å². The van der Waals surface area contributed by atoms with Crippen LogP contribution >= 0.6 is 22.9 Å². The maximum atomic E-state index is 13.1. The molecule has 5 nitrogen and oxygen atoms in total. The highest BCUT2D eigenvalue weighted by Crippen LogP contribution is 2.25. The molecule has 1 aromatic heterocycles. The highest BCUT2D eigenvalue weighted by Gasteiger charge is 2.17. The van der Waals surface area contributed by atoms with Crippen molar-refractivity contribution in [3.05, 3.63) is 86.8 Å². The first kappa shape index (κ1) is 21.2. The standard InChI is InChI=1S/C22H14ClFN2O3S/c23-16-6-5-15(12-25)19(11-16)26-21(27)13-29-22(28)18(20-2-1-9-30-20)10-14-3-7-17(24)8-4-14/h1-11H,13H2,(H,26,27)/b18-10+. The maximum Gasteiger partial charge on any atom is 0.340 e. The van der Waals surface area contributed by atoms with Crippen LogP contribution in [0.4, 0.5) is 10.1 Å². The summed E-state index contributed by atoms with van der Waals surface area (Å²) in [6.07, 6.45) is 1.57. The number of hydrogen-bond acceptors (Lipinski definition) is 5. The molecule has 1 N–H and O–H groups in total. The van der Waals surface area contributed by atoms with Gasteiger partial charge < -0.3 is 10.1 Å². The summed E-state index contributed by atoms with van der Waals surface area (Å²) < 4.78 is 18.3. The molecule has 0 saturated carbocycles. The number of halogens is 2. The van der Waals surface area contributed by atoms with Crippen LogP contribution in [-0.2, 0) is 14.3 Å². The number of thiophene rings is 1. The van der Waals surface area contributed by atoms with Crippen molar-refractivity contribution in [3.63, 3.8) is 0 Å². The fourth-order valence-corrected chi connectivity index (χ4v) is 3.40. The van der Waals surface area contributed by atoms with E-state index in [2.05, 4.69) is 5.32 Å². The molecular formula is C22H14ClFN2O3S. The van der Waals surface area contributed by atoms with E-state index in [1.54, 1.807) is 23.6 Å². The molecule has 0 bridgehead atoms. The first-order valence-electron chi connectivity index (χ1n) is 8.64. The molecule has 1 heterocycles. The van der Waals surface area contributed by atoms with Crippen molar-refractivity contribution in [2.45, 2.75) is 0 Å². The van der Waals surface area contributed by atoms with Crippen LogP contribution in [0.15, 0.2) is 60.0 Å². The zero-order valence-electron chi connectivity index (χ0n) is 15.4. The Hall–Kier alpha value is -3.47. The highest BCUT2D eigenvalue weighted by molar-refractivity contribution is 7.11. The fourth-order valence-electron chi connectivity index (χ4n) is 2.50. The molecule has 0 aliphatic carbocycles. The minimum absolute atomic E-state index is 0.228. The van der Waals surface area contributed by atoms with E-state index in [1.165, 1.54) is 53.8 Å². The van der Waals surface area contributed by atoms with Crippen molar-refractivity contribution in [3.8, 4) is 6.07 Å². The van der Waals surface area contributed by atoms with Gasteiger partial charge >= 0.3 is 5.97 Å². The lowest BCUT2D eigenvalue weighted by Crippen LogP contribution is -2.21. The van der Waals surface area contributed by atoms with Crippen molar-refractivity contribution in [2.24, 2.45) is 0 Å². The van der Waals surface area contributed by atoms with Crippen molar-refractivity contribution < 1.29 is 18.7 Å². The minimum atomic E-state index is -0.705. The summed E-state index contributed by atoms with van der Waals surface area (Å²) in [5, 5.41) is 13.8. The van der Waals surface area contributed by atoms with Gasteiger partial charge in [-0.1, -0.05) is 29.8 Å². The van der Waals surface area contributed by atoms with Crippen LogP contribution in [0.1, 0.15) is 16.0 Å². The Morgan fingerprint density at radius 2 is 1.97 bits per heavy atom. The number of carbonyl (C=O) groups excluding carboxylic acids is 2. The van der Waals surface area contributed by atoms with Gasteiger partial charge in [0, 0.05) is 9.90 Å². The fraction of sp³-hybridized carbons (Fsp3) is 0.0455. The van der Waals surface area contributed by atoms with Gasteiger partial charge in [-0.05, 0) is 53.4 Å². The van der Waals surface area contributed by atoms with E-state index in [1.807, 2.05) is 6.07 Å². The molecule has 0 aliphatic heterocycles. The van der Waals surface area contributed by atoms with Gasteiger partial charge in [-0.25, -0.2) is 9.18 Å². The molecule has 0 unspecified atom stereocenters. The van der Waals surface area contributed by atoms with E-state index in [4.69, 9.17) is 21.6 Å². The zero-order valence-corrected chi connectivity index (χ0v) is 17.0. The van der Waals surface area contributed by atoms with Crippen LogP contribution in [0.25, 0.3) is 11.6 Å². The SMILES string of the molecule is N#Cc1ccc(Cl)cc1NC(=O)COC(=O)/C(=C/c1ccc(F)cc1)c1cccs1. The van der Waals surface area contributed by atoms with Crippen LogP contribution in [0.2, 0.25) is 5.02 Å². The smallest absolute Gasteiger partial charge is 0.340 e.